The lowest BCUT2D eigenvalue weighted by Gasteiger charge is -2.16. The average Bonchev–Trinajstić information content (AvgIpc) is 2.44. The molecule has 0 saturated carbocycles. The van der Waals surface area contributed by atoms with Gasteiger partial charge in [-0.25, -0.2) is 0 Å². The molecular formula is C18H23N. The van der Waals surface area contributed by atoms with Gasteiger partial charge in [0.2, 0.25) is 0 Å². The molecule has 0 aliphatic heterocycles. The van der Waals surface area contributed by atoms with Gasteiger partial charge in [-0.2, -0.15) is 0 Å². The summed E-state index contributed by atoms with van der Waals surface area (Å²) in [6, 6.07) is 15.8. The standard InChI is InChI=1S/C18H23N/c1-5-18(19-4)16-10-7-9-15(12-16)17-11-6-8-13(2)14(17)3/h6-12,18-19H,5H2,1-4H3. The smallest absolute Gasteiger partial charge is 0.0315 e. The quantitative estimate of drug-likeness (QED) is 0.837. The van der Waals surface area contributed by atoms with E-state index in [1.54, 1.807) is 0 Å². The fourth-order valence-corrected chi connectivity index (χ4v) is 2.59. The summed E-state index contributed by atoms with van der Waals surface area (Å²) in [4.78, 5) is 0. The molecule has 1 N–H and O–H groups in total. The van der Waals surface area contributed by atoms with Crippen molar-refractivity contribution < 1.29 is 0 Å². The Morgan fingerprint density at radius 3 is 2.47 bits per heavy atom. The van der Waals surface area contributed by atoms with Crippen LogP contribution in [0.2, 0.25) is 0 Å². The molecule has 0 saturated heterocycles. The second-order valence-corrected chi connectivity index (χ2v) is 5.12. The molecule has 2 aromatic rings. The molecule has 1 atom stereocenters. The number of hydrogen-bond donors (Lipinski definition) is 1. The van der Waals surface area contributed by atoms with Crippen molar-refractivity contribution in [1.82, 2.24) is 5.32 Å². The summed E-state index contributed by atoms with van der Waals surface area (Å²) in [6.45, 7) is 6.59. The van der Waals surface area contributed by atoms with E-state index in [4.69, 9.17) is 0 Å². The van der Waals surface area contributed by atoms with Gasteiger partial charge in [-0.05, 0) is 61.2 Å². The van der Waals surface area contributed by atoms with E-state index < -0.39 is 0 Å². The molecule has 2 aromatic carbocycles. The monoisotopic (exact) mass is 253 g/mol. The van der Waals surface area contributed by atoms with E-state index in [9.17, 15) is 0 Å². The molecule has 0 amide bonds. The molecule has 1 heteroatoms. The maximum atomic E-state index is 3.37. The third-order valence-electron chi connectivity index (χ3n) is 3.96. The van der Waals surface area contributed by atoms with Crippen LogP contribution in [0.15, 0.2) is 42.5 Å². The second-order valence-electron chi connectivity index (χ2n) is 5.12. The van der Waals surface area contributed by atoms with E-state index in [-0.39, 0.29) is 0 Å². The summed E-state index contributed by atoms with van der Waals surface area (Å²) < 4.78 is 0. The first kappa shape index (κ1) is 13.8. The Hall–Kier alpha value is -1.60. The fourth-order valence-electron chi connectivity index (χ4n) is 2.59. The van der Waals surface area contributed by atoms with Gasteiger partial charge in [-0.15, -0.1) is 0 Å². The molecule has 0 fully saturated rings. The van der Waals surface area contributed by atoms with E-state index in [1.807, 2.05) is 7.05 Å². The van der Waals surface area contributed by atoms with E-state index in [2.05, 4.69) is 68.6 Å². The number of hydrogen-bond acceptors (Lipinski definition) is 1. The van der Waals surface area contributed by atoms with Crippen LogP contribution in [-0.2, 0) is 0 Å². The molecule has 0 spiro atoms. The molecule has 19 heavy (non-hydrogen) atoms. The summed E-state index contributed by atoms with van der Waals surface area (Å²) in [5.74, 6) is 0. The number of benzene rings is 2. The van der Waals surface area contributed by atoms with Crippen LogP contribution < -0.4 is 5.32 Å². The maximum Gasteiger partial charge on any atom is 0.0315 e. The van der Waals surface area contributed by atoms with Crippen molar-refractivity contribution in [2.75, 3.05) is 7.05 Å². The summed E-state index contributed by atoms with van der Waals surface area (Å²) in [7, 11) is 2.03. The van der Waals surface area contributed by atoms with Crippen LogP contribution in [0.4, 0.5) is 0 Å². The summed E-state index contributed by atoms with van der Waals surface area (Å²) >= 11 is 0. The van der Waals surface area contributed by atoms with Gasteiger partial charge in [0.05, 0.1) is 0 Å². The highest BCUT2D eigenvalue weighted by atomic mass is 14.9. The van der Waals surface area contributed by atoms with Crippen LogP contribution >= 0.6 is 0 Å². The first-order valence-corrected chi connectivity index (χ1v) is 7.01. The molecular weight excluding hydrogens is 230 g/mol. The first-order valence-electron chi connectivity index (χ1n) is 7.01. The van der Waals surface area contributed by atoms with Crippen LogP contribution in [-0.4, -0.2) is 7.05 Å². The van der Waals surface area contributed by atoms with Crippen LogP contribution in [0.5, 0.6) is 0 Å². The van der Waals surface area contributed by atoms with Gasteiger partial charge in [0, 0.05) is 6.04 Å². The second kappa shape index (κ2) is 6.03. The SMILES string of the molecule is CCC(NC)c1cccc(-c2cccc(C)c2C)c1. The molecule has 1 unspecified atom stereocenters. The predicted octanol–water partition coefficient (Wildman–Crippen LogP) is 4.64. The minimum absolute atomic E-state index is 0.435. The van der Waals surface area contributed by atoms with E-state index in [0.717, 1.165) is 6.42 Å². The summed E-state index contributed by atoms with van der Waals surface area (Å²) in [5, 5.41) is 3.37. The van der Waals surface area contributed by atoms with Gasteiger partial charge in [-0.3, -0.25) is 0 Å². The van der Waals surface area contributed by atoms with Gasteiger partial charge in [-0.1, -0.05) is 43.3 Å². The van der Waals surface area contributed by atoms with Gasteiger partial charge >= 0.3 is 0 Å². The van der Waals surface area contributed by atoms with Gasteiger partial charge < -0.3 is 5.32 Å². The minimum atomic E-state index is 0.435. The minimum Gasteiger partial charge on any atom is -0.313 e. The molecule has 0 aliphatic rings. The Bertz CT molecular complexity index is 553. The largest absolute Gasteiger partial charge is 0.313 e. The first-order chi connectivity index (χ1) is 9.17. The molecule has 0 aromatic heterocycles. The van der Waals surface area contributed by atoms with Gasteiger partial charge in [0.1, 0.15) is 0 Å². The lowest BCUT2D eigenvalue weighted by atomic mass is 9.94. The molecule has 0 heterocycles. The Morgan fingerprint density at radius 1 is 1.05 bits per heavy atom. The molecule has 100 valence electrons. The van der Waals surface area contributed by atoms with Crippen molar-refractivity contribution >= 4 is 0 Å². The Morgan fingerprint density at radius 2 is 1.79 bits per heavy atom. The number of rotatable bonds is 4. The maximum absolute atomic E-state index is 3.37. The third kappa shape index (κ3) is 2.87. The molecule has 0 bridgehead atoms. The zero-order chi connectivity index (χ0) is 13.8. The Labute approximate surface area is 116 Å². The van der Waals surface area contributed by atoms with E-state index in [1.165, 1.54) is 27.8 Å². The Kier molecular flexibility index (Phi) is 4.39. The van der Waals surface area contributed by atoms with Crippen LogP contribution in [0, 0.1) is 13.8 Å². The van der Waals surface area contributed by atoms with Crippen LogP contribution in [0.25, 0.3) is 11.1 Å². The molecule has 0 radical (unpaired) electrons. The highest BCUT2D eigenvalue weighted by molar-refractivity contribution is 5.69. The lowest BCUT2D eigenvalue weighted by Crippen LogP contribution is -2.15. The van der Waals surface area contributed by atoms with Crippen molar-refractivity contribution in [3.63, 3.8) is 0 Å². The zero-order valence-electron chi connectivity index (χ0n) is 12.3. The third-order valence-corrected chi connectivity index (χ3v) is 3.96. The highest BCUT2D eigenvalue weighted by Gasteiger charge is 2.09. The molecule has 1 nitrogen and oxygen atoms in total. The molecule has 0 aliphatic carbocycles. The fraction of sp³-hybridized carbons (Fsp3) is 0.333. The predicted molar refractivity (Wildman–Crippen MR) is 83.4 cm³/mol. The average molecular weight is 253 g/mol. The topological polar surface area (TPSA) is 12.0 Å². The van der Waals surface area contributed by atoms with Crippen LogP contribution in [0.1, 0.15) is 36.1 Å². The Balaban J connectivity index is 2.46. The van der Waals surface area contributed by atoms with Crippen molar-refractivity contribution in [3.05, 3.63) is 59.2 Å². The van der Waals surface area contributed by atoms with E-state index >= 15 is 0 Å². The van der Waals surface area contributed by atoms with Crippen molar-refractivity contribution in [2.24, 2.45) is 0 Å². The lowest BCUT2D eigenvalue weighted by molar-refractivity contribution is 0.577. The van der Waals surface area contributed by atoms with Crippen molar-refractivity contribution in [1.29, 1.82) is 0 Å². The normalized spacial score (nSPS) is 12.4. The highest BCUT2D eigenvalue weighted by Crippen LogP contribution is 2.28. The van der Waals surface area contributed by atoms with Crippen LogP contribution in [0.3, 0.4) is 0 Å². The molecule has 2 rings (SSSR count). The van der Waals surface area contributed by atoms with Gasteiger partial charge in [0.25, 0.3) is 0 Å². The van der Waals surface area contributed by atoms with Gasteiger partial charge in [0.15, 0.2) is 0 Å². The summed E-state index contributed by atoms with van der Waals surface area (Å²) in [6.07, 6.45) is 1.10. The number of nitrogens with one attached hydrogen (secondary N) is 1. The van der Waals surface area contributed by atoms with E-state index in [0.29, 0.717) is 6.04 Å². The number of aryl methyl sites for hydroxylation is 1. The summed E-state index contributed by atoms with van der Waals surface area (Å²) in [5.41, 5.74) is 6.74. The zero-order valence-corrected chi connectivity index (χ0v) is 12.3. The van der Waals surface area contributed by atoms with Crippen molar-refractivity contribution in [3.8, 4) is 11.1 Å². The van der Waals surface area contributed by atoms with Crippen molar-refractivity contribution in [2.45, 2.75) is 33.2 Å².